The molecule has 0 unspecified atom stereocenters. The van der Waals surface area contributed by atoms with Crippen LogP contribution in [-0.2, 0) is 0 Å². The molecular weight excluding hydrogens is 275 g/mol. The predicted molar refractivity (Wildman–Crippen MR) is 71.9 cm³/mol. The van der Waals surface area contributed by atoms with Gasteiger partial charge in [-0.25, -0.2) is 0 Å². The van der Waals surface area contributed by atoms with Gasteiger partial charge in [-0.2, -0.15) is 0 Å². The maximum absolute atomic E-state index is 4.73. The van der Waals surface area contributed by atoms with E-state index in [1.165, 1.54) is 25.4 Å². The van der Waals surface area contributed by atoms with Gasteiger partial charge in [0.2, 0.25) is 0 Å². The molecule has 0 N–H and O–H groups in total. The van der Waals surface area contributed by atoms with Gasteiger partial charge in [0.25, 0.3) is 0 Å². The molecular formula is C14H10N2Se. The van der Waals surface area contributed by atoms with E-state index >= 15 is 0 Å². The first-order chi connectivity index (χ1) is 8.33. The van der Waals surface area contributed by atoms with Crippen molar-refractivity contribution in [3.63, 3.8) is 0 Å². The van der Waals surface area contributed by atoms with Crippen molar-refractivity contribution in [2.45, 2.75) is 6.92 Å². The molecule has 0 bridgehead atoms. The van der Waals surface area contributed by atoms with E-state index in [9.17, 15) is 0 Å². The number of hydrogen-bond donors (Lipinski definition) is 0. The molecule has 4 aromatic rings. The molecule has 2 aromatic carbocycles. The number of nitrogens with zero attached hydrogens (tertiary/aromatic N) is 2. The van der Waals surface area contributed by atoms with Crippen molar-refractivity contribution in [3.8, 4) is 0 Å². The number of hydrogen-bond acceptors (Lipinski definition) is 1. The fourth-order valence-corrected chi connectivity index (χ4v) is 4.43. The van der Waals surface area contributed by atoms with Crippen molar-refractivity contribution in [2.24, 2.45) is 0 Å². The van der Waals surface area contributed by atoms with Crippen LogP contribution in [0, 0.1) is 6.92 Å². The summed E-state index contributed by atoms with van der Waals surface area (Å²) in [6.07, 6.45) is 0. The van der Waals surface area contributed by atoms with Crippen LogP contribution in [0.5, 0.6) is 0 Å². The Labute approximate surface area is 104 Å². The molecule has 3 heteroatoms. The van der Waals surface area contributed by atoms with Crippen molar-refractivity contribution < 1.29 is 0 Å². The first-order valence-corrected chi connectivity index (χ1v) is 7.30. The molecule has 0 aliphatic rings. The van der Waals surface area contributed by atoms with E-state index in [2.05, 4.69) is 53.8 Å². The minimum absolute atomic E-state index is 0.349. The van der Waals surface area contributed by atoms with Crippen molar-refractivity contribution in [3.05, 3.63) is 48.0 Å². The van der Waals surface area contributed by atoms with Crippen LogP contribution in [0.25, 0.3) is 25.3 Å². The molecule has 0 saturated carbocycles. The topological polar surface area (TPSA) is 17.3 Å². The molecule has 0 aliphatic carbocycles. The predicted octanol–water partition coefficient (Wildman–Crippen LogP) is 3.01. The third kappa shape index (κ3) is 1.24. The van der Waals surface area contributed by atoms with Crippen molar-refractivity contribution >= 4 is 39.8 Å². The molecule has 4 rings (SSSR count). The molecule has 0 saturated heterocycles. The average Bonchev–Trinajstić information content (AvgIpc) is 2.84. The van der Waals surface area contributed by atoms with E-state index in [1.54, 1.807) is 0 Å². The van der Waals surface area contributed by atoms with Crippen LogP contribution in [0.3, 0.4) is 0 Å². The van der Waals surface area contributed by atoms with Crippen LogP contribution in [0.15, 0.2) is 42.5 Å². The Hall–Kier alpha value is -1.57. The third-order valence-electron chi connectivity index (χ3n) is 3.09. The summed E-state index contributed by atoms with van der Waals surface area (Å²) in [6.45, 7) is 2.14. The van der Waals surface area contributed by atoms with Crippen LogP contribution in [0.2, 0.25) is 0 Å². The van der Waals surface area contributed by atoms with Crippen LogP contribution >= 0.6 is 0 Å². The monoisotopic (exact) mass is 286 g/mol. The van der Waals surface area contributed by atoms with Gasteiger partial charge >= 0.3 is 104 Å². The summed E-state index contributed by atoms with van der Waals surface area (Å²) in [5.74, 6) is 0. The number of para-hydroxylation sites is 2. The van der Waals surface area contributed by atoms with Gasteiger partial charge in [0.1, 0.15) is 0 Å². The van der Waals surface area contributed by atoms with Crippen molar-refractivity contribution in [2.75, 3.05) is 0 Å². The molecule has 2 heterocycles. The number of aryl methyl sites for hydroxylation is 1. The molecule has 82 valence electrons. The Morgan fingerprint density at radius 3 is 2.88 bits per heavy atom. The van der Waals surface area contributed by atoms with E-state index in [1.807, 2.05) is 0 Å². The van der Waals surface area contributed by atoms with E-state index < -0.39 is 0 Å². The summed E-state index contributed by atoms with van der Waals surface area (Å²) < 4.78 is 4.98. The van der Waals surface area contributed by atoms with Gasteiger partial charge in [0, 0.05) is 0 Å². The van der Waals surface area contributed by atoms with Crippen molar-refractivity contribution in [1.82, 2.24) is 9.38 Å². The summed E-state index contributed by atoms with van der Waals surface area (Å²) in [5, 5.41) is 0. The second-order valence-corrected chi connectivity index (χ2v) is 6.41. The SMILES string of the molecule is Cc1ccc2[se]c3nc4ccccc4n3c2c1. The van der Waals surface area contributed by atoms with Gasteiger partial charge < -0.3 is 0 Å². The number of rotatable bonds is 0. The zero-order valence-electron chi connectivity index (χ0n) is 9.34. The molecule has 0 atom stereocenters. The number of imidazole rings is 1. The standard InChI is InChI=1S/C14H10N2Se/c1-9-6-7-13-12(8-9)16-11-5-3-2-4-10(11)15-14(16)17-13/h2-8H,1H3. The number of benzene rings is 2. The van der Waals surface area contributed by atoms with Gasteiger partial charge in [0.05, 0.1) is 0 Å². The van der Waals surface area contributed by atoms with Gasteiger partial charge in [-0.05, 0) is 0 Å². The molecule has 0 radical (unpaired) electrons. The zero-order chi connectivity index (χ0) is 11.4. The van der Waals surface area contributed by atoms with Crippen LogP contribution in [-0.4, -0.2) is 23.9 Å². The summed E-state index contributed by atoms with van der Waals surface area (Å²) in [5.41, 5.74) is 4.98. The molecule has 2 aromatic heterocycles. The first kappa shape index (κ1) is 9.46. The Morgan fingerprint density at radius 2 is 1.94 bits per heavy atom. The molecule has 17 heavy (non-hydrogen) atoms. The Morgan fingerprint density at radius 1 is 1.06 bits per heavy atom. The third-order valence-corrected chi connectivity index (χ3v) is 5.23. The zero-order valence-corrected chi connectivity index (χ0v) is 11.1. The minimum atomic E-state index is 0.349. The van der Waals surface area contributed by atoms with Gasteiger partial charge in [0.15, 0.2) is 0 Å². The molecule has 0 amide bonds. The quantitative estimate of drug-likeness (QED) is 0.454. The Bertz CT molecular complexity index is 854. The summed E-state index contributed by atoms with van der Waals surface area (Å²) in [7, 11) is 0. The van der Waals surface area contributed by atoms with Crippen LogP contribution < -0.4 is 0 Å². The first-order valence-electron chi connectivity index (χ1n) is 5.59. The number of aromatic nitrogens is 2. The van der Waals surface area contributed by atoms with E-state index in [0.29, 0.717) is 14.5 Å². The second kappa shape index (κ2) is 3.22. The Kier molecular flexibility index (Phi) is 1.79. The van der Waals surface area contributed by atoms with E-state index in [0.717, 1.165) is 5.52 Å². The summed E-state index contributed by atoms with van der Waals surface area (Å²) in [4.78, 5) is 4.73. The second-order valence-electron chi connectivity index (χ2n) is 4.29. The van der Waals surface area contributed by atoms with E-state index in [4.69, 9.17) is 4.98 Å². The van der Waals surface area contributed by atoms with Crippen LogP contribution in [0.4, 0.5) is 0 Å². The normalized spacial score (nSPS) is 11.8. The van der Waals surface area contributed by atoms with Crippen molar-refractivity contribution in [1.29, 1.82) is 0 Å². The fraction of sp³-hybridized carbons (Fsp3) is 0.0714. The summed E-state index contributed by atoms with van der Waals surface area (Å²) >= 11 is 0.349. The van der Waals surface area contributed by atoms with Gasteiger partial charge in [-0.3, -0.25) is 0 Å². The maximum atomic E-state index is 4.73. The summed E-state index contributed by atoms with van der Waals surface area (Å²) in [6, 6.07) is 15.1. The van der Waals surface area contributed by atoms with E-state index in [-0.39, 0.29) is 0 Å². The van der Waals surface area contributed by atoms with Crippen LogP contribution in [0.1, 0.15) is 5.56 Å². The molecule has 0 fully saturated rings. The molecule has 0 spiro atoms. The average molecular weight is 285 g/mol. The van der Waals surface area contributed by atoms with Gasteiger partial charge in [-0.15, -0.1) is 0 Å². The Balaban J connectivity index is 2.33. The molecule has 2 nitrogen and oxygen atoms in total. The molecule has 0 aliphatic heterocycles. The van der Waals surface area contributed by atoms with Gasteiger partial charge in [-0.1, -0.05) is 0 Å². The fourth-order valence-electron chi connectivity index (χ4n) is 2.29. The number of fused-ring (bicyclic) bond motifs is 5.